The maximum Gasteiger partial charge on any atom is 0.257 e. The molecule has 0 radical (unpaired) electrons. The van der Waals surface area contributed by atoms with Crippen LogP contribution in [-0.4, -0.2) is 33.4 Å². The van der Waals surface area contributed by atoms with E-state index in [0.717, 1.165) is 42.5 Å². The van der Waals surface area contributed by atoms with E-state index in [1.54, 1.807) is 18.3 Å². The van der Waals surface area contributed by atoms with Gasteiger partial charge >= 0.3 is 0 Å². The summed E-state index contributed by atoms with van der Waals surface area (Å²) < 4.78 is 1.96. The molecule has 1 N–H and O–H groups in total. The summed E-state index contributed by atoms with van der Waals surface area (Å²) in [4.78, 5) is 19.3. The lowest BCUT2D eigenvalue weighted by molar-refractivity contribution is 0.0794. The van der Waals surface area contributed by atoms with Gasteiger partial charge in [-0.05, 0) is 37.1 Å². The van der Waals surface area contributed by atoms with Gasteiger partial charge in [-0.1, -0.05) is 23.2 Å². The number of fused-ring (bicyclic) bond motifs is 1. The quantitative estimate of drug-likeness (QED) is 0.696. The van der Waals surface area contributed by atoms with E-state index in [1.807, 2.05) is 34.8 Å². The topological polar surface area (TPSA) is 50.2 Å². The summed E-state index contributed by atoms with van der Waals surface area (Å²) >= 11 is 12.1. The summed E-state index contributed by atoms with van der Waals surface area (Å²) in [5.74, 6) is 0.722. The van der Waals surface area contributed by atoms with Crippen molar-refractivity contribution in [1.29, 1.82) is 0 Å². The second-order valence-electron chi connectivity index (χ2n) is 6.46. The Bertz CT molecular complexity index is 993. The Morgan fingerprint density at radius 3 is 2.65 bits per heavy atom. The number of anilines is 2. The lowest BCUT2D eigenvalue weighted by Gasteiger charge is -2.17. The molecule has 1 aromatic carbocycles. The predicted molar refractivity (Wildman–Crippen MR) is 106 cm³/mol. The molecule has 0 bridgehead atoms. The maximum absolute atomic E-state index is 12.9. The number of benzene rings is 1. The Kier molecular flexibility index (Phi) is 4.51. The van der Waals surface area contributed by atoms with E-state index in [2.05, 4.69) is 10.3 Å². The smallest absolute Gasteiger partial charge is 0.257 e. The number of nitrogens with one attached hydrogen (secondary N) is 1. The highest BCUT2D eigenvalue weighted by Crippen LogP contribution is 2.31. The first kappa shape index (κ1) is 17.2. The molecule has 2 aromatic heterocycles. The molecule has 3 heterocycles. The van der Waals surface area contributed by atoms with Gasteiger partial charge in [0.15, 0.2) is 0 Å². The minimum Gasteiger partial charge on any atom is -0.350 e. The van der Waals surface area contributed by atoms with Crippen molar-refractivity contribution in [2.45, 2.75) is 12.8 Å². The number of nitrogens with zero attached hydrogens (tertiary/aromatic N) is 3. The van der Waals surface area contributed by atoms with E-state index in [-0.39, 0.29) is 5.91 Å². The van der Waals surface area contributed by atoms with Crippen LogP contribution in [0.2, 0.25) is 10.0 Å². The Balaban J connectivity index is 1.74. The van der Waals surface area contributed by atoms with Crippen LogP contribution >= 0.6 is 23.2 Å². The molecule has 7 heteroatoms. The first-order valence-corrected chi connectivity index (χ1v) is 9.25. The monoisotopic (exact) mass is 388 g/mol. The molecule has 1 amide bonds. The second kappa shape index (κ2) is 6.82. The number of aryl methyl sites for hydroxylation is 1. The fourth-order valence-corrected chi connectivity index (χ4v) is 3.67. The van der Waals surface area contributed by atoms with E-state index < -0.39 is 0 Å². The van der Waals surface area contributed by atoms with Gasteiger partial charge in [-0.15, -0.1) is 0 Å². The van der Waals surface area contributed by atoms with Crippen LogP contribution in [0, 0.1) is 0 Å². The lowest BCUT2D eigenvalue weighted by atomic mass is 10.1. The van der Waals surface area contributed by atoms with E-state index in [9.17, 15) is 4.79 Å². The van der Waals surface area contributed by atoms with Crippen molar-refractivity contribution in [3.05, 3.63) is 52.3 Å². The third kappa shape index (κ3) is 3.02. The molecule has 26 heavy (non-hydrogen) atoms. The first-order valence-electron chi connectivity index (χ1n) is 8.50. The predicted octanol–water partition coefficient (Wildman–Crippen LogP) is 4.86. The average Bonchev–Trinajstić information content (AvgIpc) is 3.29. The van der Waals surface area contributed by atoms with Crippen molar-refractivity contribution < 1.29 is 4.79 Å². The molecule has 0 saturated carbocycles. The third-order valence-electron chi connectivity index (χ3n) is 4.71. The third-order valence-corrected chi connectivity index (χ3v) is 5.45. The van der Waals surface area contributed by atoms with E-state index in [0.29, 0.717) is 21.4 Å². The Morgan fingerprint density at radius 2 is 1.92 bits per heavy atom. The van der Waals surface area contributed by atoms with Gasteiger partial charge in [0.25, 0.3) is 5.91 Å². The molecule has 1 aliphatic heterocycles. The number of hydrogen-bond acceptors (Lipinski definition) is 3. The van der Waals surface area contributed by atoms with Gasteiger partial charge in [-0.2, -0.15) is 0 Å². The highest BCUT2D eigenvalue weighted by atomic mass is 35.5. The number of hydrogen-bond donors (Lipinski definition) is 1. The molecule has 4 rings (SSSR count). The number of amides is 1. The van der Waals surface area contributed by atoms with Crippen molar-refractivity contribution in [1.82, 2.24) is 14.5 Å². The van der Waals surface area contributed by atoms with E-state index >= 15 is 0 Å². The van der Waals surface area contributed by atoms with Crippen LogP contribution in [0.3, 0.4) is 0 Å². The molecule has 134 valence electrons. The molecule has 1 fully saturated rings. The summed E-state index contributed by atoms with van der Waals surface area (Å²) in [7, 11) is 1.94. The van der Waals surface area contributed by atoms with Crippen LogP contribution in [0.5, 0.6) is 0 Å². The van der Waals surface area contributed by atoms with Crippen LogP contribution in [0.4, 0.5) is 11.5 Å². The largest absolute Gasteiger partial charge is 0.350 e. The Morgan fingerprint density at radius 1 is 1.15 bits per heavy atom. The van der Waals surface area contributed by atoms with Crippen molar-refractivity contribution in [2.75, 3.05) is 18.4 Å². The van der Waals surface area contributed by atoms with Crippen LogP contribution < -0.4 is 5.32 Å². The fraction of sp³-hybridized carbons (Fsp3) is 0.263. The molecule has 0 aliphatic carbocycles. The number of carbonyl (C=O) groups is 1. The molecule has 0 unspecified atom stereocenters. The molecular formula is C19H18Cl2N4O. The average molecular weight is 389 g/mol. The van der Waals surface area contributed by atoms with E-state index in [4.69, 9.17) is 23.2 Å². The standard InChI is InChI=1S/C19H18Cl2N4O/c1-24-9-6-13-17(24)14(19(26)25-7-2-3-8-25)11-22-18(13)23-12-4-5-15(20)16(21)10-12/h4-6,9-11H,2-3,7-8H2,1H3,(H,22,23). The lowest BCUT2D eigenvalue weighted by Crippen LogP contribution is -2.28. The summed E-state index contributed by atoms with van der Waals surface area (Å²) in [5.41, 5.74) is 2.30. The molecule has 3 aromatic rings. The van der Waals surface area contributed by atoms with Gasteiger partial charge in [-0.25, -0.2) is 4.98 Å². The van der Waals surface area contributed by atoms with Gasteiger partial charge in [-0.3, -0.25) is 4.79 Å². The summed E-state index contributed by atoms with van der Waals surface area (Å²) in [5, 5.41) is 5.14. The molecule has 0 atom stereocenters. The molecule has 1 aliphatic rings. The number of carbonyl (C=O) groups excluding carboxylic acids is 1. The Labute approximate surface area is 161 Å². The summed E-state index contributed by atoms with van der Waals surface area (Å²) in [6.07, 6.45) is 5.72. The Hall–Kier alpha value is -2.24. The van der Waals surface area contributed by atoms with Gasteiger partial charge in [0.2, 0.25) is 0 Å². The number of pyridine rings is 1. The van der Waals surface area contributed by atoms with E-state index in [1.165, 1.54) is 0 Å². The van der Waals surface area contributed by atoms with Crippen molar-refractivity contribution in [3.8, 4) is 0 Å². The SMILES string of the molecule is Cn1ccc2c(Nc3ccc(Cl)c(Cl)c3)ncc(C(=O)N3CCCC3)c21. The molecule has 5 nitrogen and oxygen atoms in total. The van der Waals surface area contributed by atoms with Gasteiger partial charge in [0, 0.05) is 43.6 Å². The van der Waals surface area contributed by atoms with Gasteiger partial charge in [0.05, 0.1) is 21.1 Å². The minimum atomic E-state index is 0.0443. The fourth-order valence-electron chi connectivity index (χ4n) is 3.37. The zero-order valence-electron chi connectivity index (χ0n) is 14.3. The van der Waals surface area contributed by atoms with Crippen LogP contribution in [-0.2, 0) is 7.05 Å². The molecular weight excluding hydrogens is 371 g/mol. The second-order valence-corrected chi connectivity index (χ2v) is 7.28. The van der Waals surface area contributed by atoms with Gasteiger partial charge < -0.3 is 14.8 Å². The van der Waals surface area contributed by atoms with Crippen molar-refractivity contribution >= 4 is 51.5 Å². The zero-order valence-corrected chi connectivity index (χ0v) is 15.8. The van der Waals surface area contributed by atoms with Crippen LogP contribution in [0.25, 0.3) is 10.9 Å². The highest BCUT2D eigenvalue weighted by Gasteiger charge is 2.23. The zero-order chi connectivity index (χ0) is 18.3. The first-order chi connectivity index (χ1) is 12.5. The number of rotatable bonds is 3. The van der Waals surface area contributed by atoms with Crippen molar-refractivity contribution in [3.63, 3.8) is 0 Å². The van der Waals surface area contributed by atoms with Crippen LogP contribution in [0.15, 0.2) is 36.7 Å². The summed E-state index contributed by atoms with van der Waals surface area (Å²) in [6, 6.07) is 7.29. The molecule has 1 saturated heterocycles. The normalized spacial score (nSPS) is 14.2. The highest BCUT2D eigenvalue weighted by molar-refractivity contribution is 6.42. The number of aromatic nitrogens is 2. The molecule has 0 spiro atoms. The van der Waals surface area contributed by atoms with Crippen molar-refractivity contribution in [2.24, 2.45) is 7.05 Å². The minimum absolute atomic E-state index is 0.0443. The number of halogens is 2. The van der Waals surface area contributed by atoms with Gasteiger partial charge in [0.1, 0.15) is 5.82 Å². The summed E-state index contributed by atoms with van der Waals surface area (Å²) in [6.45, 7) is 1.63. The number of likely N-dealkylation sites (tertiary alicyclic amines) is 1. The maximum atomic E-state index is 12.9. The van der Waals surface area contributed by atoms with Crippen LogP contribution in [0.1, 0.15) is 23.2 Å².